The van der Waals surface area contributed by atoms with Gasteiger partial charge in [-0.25, -0.2) is 4.98 Å². The van der Waals surface area contributed by atoms with Gasteiger partial charge in [0, 0.05) is 21.0 Å². The molecule has 1 heterocycles. The molecule has 0 aliphatic heterocycles. The number of halogens is 1. The summed E-state index contributed by atoms with van der Waals surface area (Å²) in [5, 5.41) is 5.33. The van der Waals surface area contributed by atoms with Gasteiger partial charge in [-0.3, -0.25) is 10.1 Å². The summed E-state index contributed by atoms with van der Waals surface area (Å²) in [5.74, 6) is 0.480. The van der Waals surface area contributed by atoms with Crippen molar-refractivity contribution in [3.8, 4) is 17.0 Å². The fourth-order valence-corrected chi connectivity index (χ4v) is 3.13. The first-order valence-electron chi connectivity index (χ1n) is 7.41. The predicted molar refractivity (Wildman–Crippen MR) is 101 cm³/mol. The molecule has 0 saturated heterocycles. The topological polar surface area (TPSA) is 51.2 Å². The maximum Gasteiger partial charge on any atom is 0.257 e. The molecule has 1 N–H and O–H groups in total. The van der Waals surface area contributed by atoms with E-state index >= 15 is 0 Å². The lowest BCUT2D eigenvalue weighted by atomic mass is 10.2. The largest absolute Gasteiger partial charge is 0.494 e. The first-order valence-corrected chi connectivity index (χ1v) is 9.08. The van der Waals surface area contributed by atoms with Crippen molar-refractivity contribution in [2.24, 2.45) is 0 Å². The number of carbonyl (C=O) groups is 1. The van der Waals surface area contributed by atoms with Gasteiger partial charge in [0.05, 0.1) is 12.3 Å². The average molecular weight is 403 g/mol. The summed E-state index contributed by atoms with van der Waals surface area (Å²) in [6, 6.07) is 15.0. The van der Waals surface area contributed by atoms with Gasteiger partial charge >= 0.3 is 0 Å². The quantitative estimate of drug-likeness (QED) is 0.635. The van der Waals surface area contributed by atoms with Crippen molar-refractivity contribution in [2.75, 3.05) is 11.9 Å². The Balaban J connectivity index is 1.73. The lowest BCUT2D eigenvalue weighted by Gasteiger charge is -2.05. The van der Waals surface area contributed by atoms with Crippen molar-refractivity contribution in [1.29, 1.82) is 0 Å². The highest BCUT2D eigenvalue weighted by Crippen LogP contribution is 2.26. The van der Waals surface area contributed by atoms with Gasteiger partial charge in [0.1, 0.15) is 5.75 Å². The first-order chi connectivity index (χ1) is 11.7. The Kier molecular flexibility index (Phi) is 5.27. The fourth-order valence-electron chi connectivity index (χ4n) is 2.15. The number of amides is 1. The molecular formula is C18H15BrN2O2S. The van der Waals surface area contributed by atoms with Crippen molar-refractivity contribution in [3.63, 3.8) is 0 Å². The third kappa shape index (κ3) is 4.01. The molecule has 0 saturated carbocycles. The van der Waals surface area contributed by atoms with E-state index < -0.39 is 0 Å². The van der Waals surface area contributed by atoms with Crippen LogP contribution in [0.1, 0.15) is 17.3 Å². The highest BCUT2D eigenvalue weighted by atomic mass is 79.9. The summed E-state index contributed by atoms with van der Waals surface area (Å²) in [7, 11) is 0. The number of nitrogens with one attached hydrogen (secondary N) is 1. The smallest absolute Gasteiger partial charge is 0.257 e. The molecule has 3 aromatic rings. The number of aromatic nitrogens is 1. The number of anilines is 1. The number of carbonyl (C=O) groups excluding carboxylic acids is 1. The van der Waals surface area contributed by atoms with Gasteiger partial charge in [-0.05, 0) is 37.3 Å². The Morgan fingerprint density at radius 2 is 2.04 bits per heavy atom. The van der Waals surface area contributed by atoms with Crippen LogP contribution in [-0.2, 0) is 0 Å². The van der Waals surface area contributed by atoms with Crippen molar-refractivity contribution in [2.45, 2.75) is 6.92 Å². The van der Waals surface area contributed by atoms with Crippen molar-refractivity contribution < 1.29 is 9.53 Å². The van der Waals surface area contributed by atoms with E-state index in [0.29, 0.717) is 23.1 Å². The summed E-state index contributed by atoms with van der Waals surface area (Å²) in [6.07, 6.45) is 0. The molecule has 0 aliphatic rings. The van der Waals surface area contributed by atoms with Gasteiger partial charge in [-0.2, -0.15) is 0 Å². The van der Waals surface area contributed by atoms with E-state index in [2.05, 4.69) is 26.2 Å². The number of benzene rings is 2. The monoisotopic (exact) mass is 402 g/mol. The van der Waals surface area contributed by atoms with Crippen molar-refractivity contribution >= 4 is 38.3 Å². The Hall–Kier alpha value is -2.18. The molecular weight excluding hydrogens is 388 g/mol. The van der Waals surface area contributed by atoms with Crippen LogP contribution in [0.5, 0.6) is 5.75 Å². The molecule has 0 aliphatic carbocycles. The van der Waals surface area contributed by atoms with Gasteiger partial charge < -0.3 is 4.74 Å². The van der Waals surface area contributed by atoms with Crippen LogP contribution in [0.4, 0.5) is 5.13 Å². The summed E-state index contributed by atoms with van der Waals surface area (Å²) < 4.78 is 6.44. The van der Waals surface area contributed by atoms with Gasteiger partial charge in [0.15, 0.2) is 5.13 Å². The highest BCUT2D eigenvalue weighted by molar-refractivity contribution is 9.10. The molecule has 6 heteroatoms. The molecule has 4 nitrogen and oxygen atoms in total. The van der Waals surface area contributed by atoms with E-state index in [9.17, 15) is 4.79 Å². The highest BCUT2D eigenvalue weighted by Gasteiger charge is 2.11. The third-order valence-corrected chi connectivity index (χ3v) is 4.56. The van der Waals surface area contributed by atoms with Crippen molar-refractivity contribution in [3.05, 3.63) is 63.9 Å². The zero-order valence-corrected chi connectivity index (χ0v) is 15.4. The van der Waals surface area contributed by atoms with Crippen LogP contribution in [0.15, 0.2) is 58.4 Å². The SMILES string of the molecule is CCOc1cccc(C(=O)Nc2nc(-c3ccc(Br)cc3)cs2)c1. The number of nitrogens with zero attached hydrogens (tertiary/aromatic N) is 1. The normalized spacial score (nSPS) is 10.4. The molecule has 0 radical (unpaired) electrons. The fraction of sp³-hybridized carbons (Fsp3) is 0.111. The van der Waals surface area contributed by atoms with Crippen molar-refractivity contribution in [1.82, 2.24) is 4.98 Å². The van der Waals surface area contributed by atoms with Crippen LogP contribution in [0.25, 0.3) is 11.3 Å². The Bertz CT molecular complexity index is 846. The molecule has 1 amide bonds. The zero-order chi connectivity index (χ0) is 16.9. The minimum atomic E-state index is -0.201. The van der Waals surface area contributed by atoms with E-state index in [4.69, 9.17) is 4.74 Å². The number of thiazole rings is 1. The molecule has 3 rings (SSSR count). The summed E-state index contributed by atoms with van der Waals surface area (Å²) >= 11 is 4.81. The predicted octanol–water partition coefficient (Wildman–Crippen LogP) is 5.22. The molecule has 24 heavy (non-hydrogen) atoms. The van der Waals surface area contributed by atoms with E-state index in [1.165, 1.54) is 11.3 Å². The summed E-state index contributed by atoms with van der Waals surface area (Å²) in [4.78, 5) is 16.8. The van der Waals surface area contributed by atoms with Crippen LogP contribution in [0.3, 0.4) is 0 Å². The van der Waals surface area contributed by atoms with Gasteiger partial charge in [0.2, 0.25) is 0 Å². The van der Waals surface area contributed by atoms with Gasteiger partial charge in [0.25, 0.3) is 5.91 Å². The van der Waals surface area contributed by atoms with Gasteiger partial charge in [-0.1, -0.05) is 34.1 Å². The van der Waals surface area contributed by atoms with E-state index in [-0.39, 0.29) is 5.91 Å². The molecule has 0 unspecified atom stereocenters. The van der Waals surface area contributed by atoms with Crippen LogP contribution >= 0.6 is 27.3 Å². The van der Waals surface area contributed by atoms with Crippen LogP contribution in [-0.4, -0.2) is 17.5 Å². The molecule has 2 aromatic carbocycles. The lowest BCUT2D eigenvalue weighted by Crippen LogP contribution is -2.11. The second kappa shape index (κ2) is 7.59. The second-order valence-corrected chi connectivity index (χ2v) is 6.73. The average Bonchev–Trinajstić information content (AvgIpc) is 3.04. The Morgan fingerprint density at radius 3 is 2.79 bits per heavy atom. The van der Waals surface area contributed by atoms with E-state index in [1.54, 1.807) is 18.2 Å². The maximum atomic E-state index is 12.4. The lowest BCUT2D eigenvalue weighted by molar-refractivity contribution is 0.102. The van der Waals surface area contributed by atoms with Crippen LogP contribution in [0, 0.1) is 0 Å². The number of rotatable bonds is 5. The van der Waals surface area contributed by atoms with E-state index in [0.717, 1.165) is 15.7 Å². The van der Waals surface area contributed by atoms with Gasteiger partial charge in [-0.15, -0.1) is 11.3 Å². The standard InChI is InChI=1S/C18H15BrN2O2S/c1-2-23-15-5-3-4-13(10-15)17(22)21-18-20-16(11-24-18)12-6-8-14(19)9-7-12/h3-11H,2H2,1H3,(H,20,21,22). The number of ether oxygens (including phenoxy) is 1. The molecule has 1 aromatic heterocycles. The molecule has 0 atom stereocenters. The third-order valence-electron chi connectivity index (χ3n) is 3.27. The number of hydrogen-bond donors (Lipinski definition) is 1. The maximum absolute atomic E-state index is 12.4. The number of hydrogen-bond acceptors (Lipinski definition) is 4. The molecule has 122 valence electrons. The second-order valence-electron chi connectivity index (χ2n) is 4.96. The Morgan fingerprint density at radius 1 is 1.25 bits per heavy atom. The van der Waals surface area contributed by atoms with Crippen LogP contribution in [0.2, 0.25) is 0 Å². The molecule has 0 spiro atoms. The van der Waals surface area contributed by atoms with Crippen LogP contribution < -0.4 is 10.1 Å². The first kappa shape index (κ1) is 16.7. The summed E-state index contributed by atoms with van der Waals surface area (Å²) in [6.45, 7) is 2.47. The molecule has 0 bridgehead atoms. The minimum absolute atomic E-state index is 0.201. The van der Waals surface area contributed by atoms with E-state index in [1.807, 2.05) is 42.6 Å². The Labute approximate surface area is 152 Å². The minimum Gasteiger partial charge on any atom is -0.494 e. The summed E-state index contributed by atoms with van der Waals surface area (Å²) in [5.41, 5.74) is 2.39. The molecule has 0 fully saturated rings. The zero-order valence-electron chi connectivity index (χ0n) is 13.0.